The van der Waals surface area contributed by atoms with Gasteiger partial charge in [-0.15, -0.1) is 0 Å². The molecular formula is C23H21FN2O6S. The highest BCUT2D eigenvalue weighted by molar-refractivity contribution is 8.18. The number of nitrogens with zero attached hydrogens (tertiary/aromatic N) is 1. The maximum Gasteiger partial charge on any atom is 0.329 e. The van der Waals surface area contributed by atoms with Crippen LogP contribution in [0.4, 0.5) is 14.9 Å². The minimum absolute atomic E-state index is 0.150. The molecule has 172 valence electrons. The summed E-state index contributed by atoms with van der Waals surface area (Å²) in [6, 6.07) is 10.9. The van der Waals surface area contributed by atoms with Crippen molar-refractivity contribution >= 4 is 46.5 Å². The highest BCUT2D eigenvalue weighted by Gasteiger charge is 2.41. The summed E-state index contributed by atoms with van der Waals surface area (Å²) in [6.45, 7) is 2.98. The zero-order valence-electron chi connectivity index (χ0n) is 17.9. The van der Waals surface area contributed by atoms with Crippen molar-refractivity contribution in [3.8, 4) is 5.75 Å². The number of anilines is 1. The second-order valence-corrected chi connectivity index (χ2v) is 7.89. The molecule has 0 aromatic heterocycles. The minimum atomic E-state index is -1.01. The number of amides is 3. The first-order valence-corrected chi connectivity index (χ1v) is 10.8. The maximum atomic E-state index is 12.9. The first kappa shape index (κ1) is 24.0. The second-order valence-electron chi connectivity index (χ2n) is 6.89. The third kappa shape index (κ3) is 6.19. The number of carbonyl (C=O) groups is 4. The van der Waals surface area contributed by atoms with E-state index in [1.807, 2.05) is 0 Å². The van der Waals surface area contributed by atoms with E-state index in [1.165, 1.54) is 37.3 Å². The summed E-state index contributed by atoms with van der Waals surface area (Å²) in [5, 5.41) is 2.04. The molecule has 3 rings (SSSR count). The zero-order valence-corrected chi connectivity index (χ0v) is 18.7. The Labute approximate surface area is 193 Å². The van der Waals surface area contributed by atoms with Crippen molar-refractivity contribution in [3.05, 3.63) is 64.8 Å². The molecule has 2 aromatic carbocycles. The van der Waals surface area contributed by atoms with Crippen molar-refractivity contribution in [1.82, 2.24) is 4.90 Å². The van der Waals surface area contributed by atoms with Crippen LogP contribution in [0.5, 0.6) is 5.75 Å². The average molecular weight is 472 g/mol. The molecule has 0 radical (unpaired) electrons. The van der Waals surface area contributed by atoms with Crippen LogP contribution in [0.1, 0.15) is 19.4 Å². The Morgan fingerprint density at radius 1 is 1.12 bits per heavy atom. The van der Waals surface area contributed by atoms with Crippen LogP contribution in [0.2, 0.25) is 0 Å². The van der Waals surface area contributed by atoms with Gasteiger partial charge in [-0.3, -0.25) is 19.3 Å². The molecule has 8 nitrogen and oxygen atoms in total. The topological polar surface area (TPSA) is 102 Å². The van der Waals surface area contributed by atoms with Crippen molar-refractivity contribution in [1.29, 1.82) is 0 Å². The van der Waals surface area contributed by atoms with Gasteiger partial charge in [0, 0.05) is 5.69 Å². The van der Waals surface area contributed by atoms with Gasteiger partial charge in [0.1, 0.15) is 17.6 Å². The molecular weight excluding hydrogens is 451 g/mol. The van der Waals surface area contributed by atoms with Crippen LogP contribution in [0, 0.1) is 5.82 Å². The lowest BCUT2D eigenvalue weighted by molar-refractivity contribution is -0.150. The monoisotopic (exact) mass is 472 g/mol. The van der Waals surface area contributed by atoms with Gasteiger partial charge in [0.25, 0.3) is 17.1 Å². The number of hydrogen-bond acceptors (Lipinski definition) is 7. The van der Waals surface area contributed by atoms with Gasteiger partial charge in [-0.25, -0.2) is 9.18 Å². The van der Waals surface area contributed by atoms with E-state index in [1.54, 1.807) is 31.2 Å². The SMILES string of the molecule is CCOC(=O)[C@H](C)N1C(=O)S/C(=C/c2ccc(OCC(=O)Nc3ccc(F)cc3)cc2)C1=O. The molecule has 1 N–H and O–H groups in total. The van der Waals surface area contributed by atoms with E-state index in [0.29, 0.717) is 17.0 Å². The van der Waals surface area contributed by atoms with Crippen molar-refractivity contribution in [2.24, 2.45) is 0 Å². The van der Waals surface area contributed by atoms with Crippen LogP contribution in [0.15, 0.2) is 53.4 Å². The van der Waals surface area contributed by atoms with Gasteiger partial charge in [0.15, 0.2) is 6.61 Å². The molecule has 1 aliphatic rings. The number of rotatable bonds is 8. The van der Waals surface area contributed by atoms with Gasteiger partial charge in [-0.05, 0) is 73.6 Å². The molecule has 0 bridgehead atoms. The van der Waals surface area contributed by atoms with E-state index < -0.39 is 34.9 Å². The second kappa shape index (κ2) is 10.8. The number of halogens is 1. The smallest absolute Gasteiger partial charge is 0.329 e. The van der Waals surface area contributed by atoms with Gasteiger partial charge in [-0.2, -0.15) is 0 Å². The quantitative estimate of drug-likeness (QED) is 0.460. The van der Waals surface area contributed by atoms with E-state index in [9.17, 15) is 23.6 Å². The molecule has 10 heteroatoms. The highest BCUT2D eigenvalue weighted by Crippen LogP contribution is 2.34. The van der Waals surface area contributed by atoms with E-state index >= 15 is 0 Å². The van der Waals surface area contributed by atoms with E-state index in [2.05, 4.69) is 5.32 Å². The van der Waals surface area contributed by atoms with Crippen molar-refractivity contribution in [2.45, 2.75) is 19.9 Å². The Hall–Kier alpha value is -3.66. The summed E-state index contributed by atoms with van der Waals surface area (Å²) in [5.41, 5.74) is 1.08. The predicted octanol–water partition coefficient (Wildman–Crippen LogP) is 3.83. The van der Waals surface area contributed by atoms with Gasteiger partial charge in [-0.1, -0.05) is 12.1 Å². The molecule has 1 fully saturated rings. The Balaban J connectivity index is 1.58. The number of esters is 1. The summed E-state index contributed by atoms with van der Waals surface area (Å²) in [7, 11) is 0. The minimum Gasteiger partial charge on any atom is -0.484 e. The van der Waals surface area contributed by atoms with Gasteiger partial charge in [0.2, 0.25) is 0 Å². The van der Waals surface area contributed by atoms with Crippen LogP contribution in [-0.4, -0.2) is 47.2 Å². The van der Waals surface area contributed by atoms with Crippen LogP contribution < -0.4 is 10.1 Å². The highest BCUT2D eigenvalue weighted by atomic mass is 32.2. The molecule has 0 saturated carbocycles. The molecule has 0 aliphatic carbocycles. The predicted molar refractivity (Wildman–Crippen MR) is 121 cm³/mol. The normalized spacial score (nSPS) is 15.5. The largest absolute Gasteiger partial charge is 0.484 e. The number of ether oxygens (including phenoxy) is 2. The van der Waals surface area contributed by atoms with Gasteiger partial charge in [0.05, 0.1) is 11.5 Å². The Morgan fingerprint density at radius 3 is 2.42 bits per heavy atom. The molecule has 1 saturated heterocycles. The number of benzene rings is 2. The fraction of sp³-hybridized carbons (Fsp3) is 0.217. The average Bonchev–Trinajstić information content (AvgIpc) is 3.07. The van der Waals surface area contributed by atoms with E-state index in [0.717, 1.165) is 16.7 Å². The summed E-state index contributed by atoms with van der Waals surface area (Å²) in [6.07, 6.45) is 1.54. The fourth-order valence-electron chi connectivity index (χ4n) is 2.87. The summed E-state index contributed by atoms with van der Waals surface area (Å²) >= 11 is 0.744. The molecule has 2 aromatic rings. The van der Waals surface area contributed by atoms with Crippen molar-refractivity contribution in [2.75, 3.05) is 18.5 Å². The van der Waals surface area contributed by atoms with Crippen LogP contribution >= 0.6 is 11.8 Å². The summed E-state index contributed by atoms with van der Waals surface area (Å²) < 4.78 is 23.2. The Morgan fingerprint density at radius 2 is 1.79 bits per heavy atom. The number of hydrogen-bond donors (Lipinski definition) is 1. The molecule has 3 amide bonds. The molecule has 1 aliphatic heterocycles. The molecule has 0 spiro atoms. The van der Waals surface area contributed by atoms with E-state index in [4.69, 9.17) is 9.47 Å². The van der Waals surface area contributed by atoms with Crippen LogP contribution in [0.3, 0.4) is 0 Å². The Bertz CT molecular complexity index is 1090. The third-order valence-electron chi connectivity index (χ3n) is 4.51. The third-order valence-corrected chi connectivity index (χ3v) is 5.40. The number of nitrogens with one attached hydrogen (secondary N) is 1. The first-order valence-electron chi connectivity index (χ1n) is 10.0. The summed E-state index contributed by atoms with van der Waals surface area (Å²) in [5.74, 6) is -1.60. The number of carbonyl (C=O) groups excluding carboxylic acids is 4. The maximum absolute atomic E-state index is 12.9. The number of thioether (sulfide) groups is 1. The van der Waals surface area contributed by atoms with Crippen molar-refractivity contribution < 1.29 is 33.0 Å². The fourth-order valence-corrected chi connectivity index (χ4v) is 3.78. The molecule has 33 heavy (non-hydrogen) atoms. The van der Waals surface area contributed by atoms with Crippen LogP contribution in [0.25, 0.3) is 6.08 Å². The molecule has 1 heterocycles. The lowest BCUT2D eigenvalue weighted by Crippen LogP contribution is -2.42. The lowest BCUT2D eigenvalue weighted by Gasteiger charge is -2.19. The first-order chi connectivity index (χ1) is 15.8. The van der Waals surface area contributed by atoms with E-state index in [-0.39, 0.29) is 18.1 Å². The molecule has 1 atom stereocenters. The van der Waals surface area contributed by atoms with Gasteiger partial charge >= 0.3 is 5.97 Å². The van der Waals surface area contributed by atoms with Crippen molar-refractivity contribution in [3.63, 3.8) is 0 Å². The molecule has 0 unspecified atom stereocenters. The van der Waals surface area contributed by atoms with Gasteiger partial charge < -0.3 is 14.8 Å². The lowest BCUT2D eigenvalue weighted by atomic mass is 10.2. The zero-order chi connectivity index (χ0) is 24.0. The van der Waals surface area contributed by atoms with Crippen LogP contribution in [-0.2, 0) is 19.1 Å². The standard InChI is InChI=1S/C23H21FN2O6S/c1-3-31-22(29)14(2)26-21(28)19(33-23(26)30)12-15-4-10-18(11-5-15)32-13-20(27)25-17-8-6-16(24)7-9-17/h4-12,14H,3,13H2,1-2H3,(H,25,27)/b19-12+/t14-/m0/s1. The summed E-state index contributed by atoms with van der Waals surface area (Å²) in [4.78, 5) is 49.8. The number of imide groups is 1. The Kier molecular flexibility index (Phi) is 7.83.